The Bertz CT molecular complexity index is 329. The van der Waals surface area contributed by atoms with Crippen molar-refractivity contribution in [3.8, 4) is 0 Å². The van der Waals surface area contributed by atoms with Gasteiger partial charge in [0.25, 0.3) is 0 Å². The third-order valence-corrected chi connectivity index (χ3v) is 2.34. The molecule has 0 bridgehead atoms. The SMILES string of the molecule is CCNCCNc1cc([C@@H](C)O)ccc1F. The van der Waals surface area contributed by atoms with Gasteiger partial charge in [0.15, 0.2) is 0 Å². The van der Waals surface area contributed by atoms with Gasteiger partial charge in [0.05, 0.1) is 11.8 Å². The normalized spacial score (nSPS) is 12.5. The molecule has 0 amide bonds. The summed E-state index contributed by atoms with van der Waals surface area (Å²) in [6, 6.07) is 4.61. The van der Waals surface area contributed by atoms with E-state index >= 15 is 0 Å². The standard InChI is InChI=1S/C12H19FN2O/c1-3-14-6-7-15-12-8-10(9(2)16)4-5-11(12)13/h4-5,8-9,14-16H,3,6-7H2,1-2H3/t9-/m1/s1. The smallest absolute Gasteiger partial charge is 0.146 e. The molecule has 0 aromatic heterocycles. The monoisotopic (exact) mass is 226 g/mol. The maximum Gasteiger partial charge on any atom is 0.146 e. The van der Waals surface area contributed by atoms with E-state index in [9.17, 15) is 9.50 Å². The first-order chi connectivity index (χ1) is 7.65. The van der Waals surface area contributed by atoms with Crippen molar-refractivity contribution in [3.05, 3.63) is 29.6 Å². The second-order valence-electron chi connectivity index (χ2n) is 3.70. The molecule has 0 aliphatic rings. The van der Waals surface area contributed by atoms with Crippen LogP contribution in [0.4, 0.5) is 10.1 Å². The number of aliphatic hydroxyl groups excluding tert-OH is 1. The van der Waals surface area contributed by atoms with Gasteiger partial charge in [-0.1, -0.05) is 13.0 Å². The summed E-state index contributed by atoms with van der Waals surface area (Å²) in [4.78, 5) is 0. The molecule has 1 atom stereocenters. The first-order valence-corrected chi connectivity index (χ1v) is 5.57. The molecular formula is C12H19FN2O. The van der Waals surface area contributed by atoms with Crippen molar-refractivity contribution in [3.63, 3.8) is 0 Å². The van der Waals surface area contributed by atoms with E-state index in [1.807, 2.05) is 6.92 Å². The summed E-state index contributed by atoms with van der Waals surface area (Å²) in [5, 5.41) is 15.5. The van der Waals surface area contributed by atoms with E-state index < -0.39 is 6.10 Å². The summed E-state index contributed by atoms with van der Waals surface area (Å²) in [7, 11) is 0. The van der Waals surface area contributed by atoms with Crippen molar-refractivity contribution in [2.24, 2.45) is 0 Å². The molecule has 0 saturated heterocycles. The second-order valence-corrected chi connectivity index (χ2v) is 3.70. The predicted octanol–water partition coefficient (Wildman–Crippen LogP) is 1.90. The summed E-state index contributed by atoms with van der Waals surface area (Å²) < 4.78 is 13.4. The number of aliphatic hydroxyl groups is 1. The molecule has 90 valence electrons. The van der Waals surface area contributed by atoms with Crippen LogP contribution in [0.1, 0.15) is 25.5 Å². The van der Waals surface area contributed by atoms with Gasteiger partial charge >= 0.3 is 0 Å². The van der Waals surface area contributed by atoms with Crippen molar-refractivity contribution in [1.82, 2.24) is 5.32 Å². The summed E-state index contributed by atoms with van der Waals surface area (Å²) in [6.07, 6.45) is -0.574. The number of benzene rings is 1. The molecule has 3 N–H and O–H groups in total. The van der Waals surface area contributed by atoms with E-state index in [1.54, 1.807) is 19.1 Å². The van der Waals surface area contributed by atoms with Crippen LogP contribution in [-0.4, -0.2) is 24.7 Å². The molecule has 0 fully saturated rings. The lowest BCUT2D eigenvalue weighted by Gasteiger charge is -2.11. The fraction of sp³-hybridized carbons (Fsp3) is 0.500. The van der Waals surface area contributed by atoms with Gasteiger partial charge in [-0.05, 0) is 31.2 Å². The minimum absolute atomic E-state index is 0.291. The first-order valence-electron chi connectivity index (χ1n) is 5.57. The molecule has 1 aromatic carbocycles. The van der Waals surface area contributed by atoms with Crippen molar-refractivity contribution < 1.29 is 9.50 Å². The van der Waals surface area contributed by atoms with E-state index in [0.717, 1.165) is 13.1 Å². The van der Waals surface area contributed by atoms with Crippen LogP contribution < -0.4 is 10.6 Å². The Morgan fingerprint density at radius 1 is 1.38 bits per heavy atom. The highest BCUT2D eigenvalue weighted by molar-refractivity contribution is 5.47. The average Bonchev–Trinajstić information content (AvgIpc) is 2.26. The molecule has 0 radical (unpaired) electrons. The van der Waals surface area contributed by atoms with Gasteiger partial charge in [-0.2, -0.15) is 0 Å². The van der Waals surface area contributed by atoms with Crippen molar-refractivity contribution in [1.29, 1.82) is 0 Å². The topological polar surface area (TPSA) is 44.3 Å². The number of hydrogen-bond acceptors (Lipinski definition) is 3. The summed E-state index contributed by atoms with van der Waals surface area (Å²) in [6.45, 7) is 6.03. The number of halogens is 1. The zero-order chi connectivity index (χ0) is 12.0. The van der Waals surface area contributed by atoms with E-state index in [2.05, 4.69) is 10.6 Å². The van der Waals surface area contributed by atoms with Gasteiger partial charge < -0.3 is 15.7 Å². The molecule has 3 nitrogen and oxygen atoms in total. The first kappa shape index (κ1) is 12.9. The van der Waals surface area contributed by atoms with E-state index in [-0.39, 0.29) is 5.82 Å². The highest BCUT2D eigenvalue weighted by Gasteiger charge is 2.06. The van der Waals surface area contributed by atoms with Crippen LogP contribution >= 0.6 is 0 Å². The molecule has 4 heteroatoms. The highest BCUT2D eigenvalue weighted by atomic mass is 19.1. The molecule has 0 unspecified atom stereocenters. The average molecular weight is 226 g/mol. The Morgan fingerprint density at radius 3 is 2.75 bits per heavy atom. The minimum atomic E-state index is -0.574. The molecule has 16 heavy (non-hydrogen) atoms. The van der Waals surface area contributed by atoms with Gasteiger partial charge in [-0.15, -0.1) is 0 Å². The number of likely N-dealkylation sites (N-methyl/N-ethyl adjacent to an activating group) is 1. The predicted molar refractivity (Wildman–Crippen MR) is 64.1 cm³/mol. The van der Waals surface area contributed by atoms with E-state index in [4.69, 9.17) is 0 Å². The Labute approximate surface area is 95.7 Å². The van der Waals surface area contributed by atoms with E-state index in [1.165, 1.54) is 6.07 Å². The van der Waals surface area contributed by atoms with Crippen LogP contribution in [0.5, 0.6) is 0 Å². The maximum atomic E-state index is 13.4. The lowest BCUT2D eigenvalue weighted by atomic mass is 10.1. The zero-order valence-corrected chi connectivity index (χ0v) is 9.76. The van der Waals surface area contributed by atoms with Crippen LogP contribution in [-0.2, 0) is 0 Å². The zero-order valence-electron chi connectivity index (χ0n) is 9.76. The Kier molecular flexibility index (Phi) is 5.22. The maximum absolute atomic E-state index is 13.4. The Balaban J connectivity index is 2.60. The fourth-order valence-electron chi connectivity index (χ4n) is 1.40. The highest BCUT2D eigenvalue weighted by Crippen LogP contribution is 2.20. The van der Waals surface area contributed by atoms with Gasteiger partial charge in [0.1, 0.15) is 5.82 Å². The largest absolute Gasteiger partial charge is 0.389 e. The minimum Gasteiger partial charge on any atom is -0.389 e. The van der Waals surface area contributed by atoms with E-state index in [0.29, 0.717) is 17.8 Å². The Hall–Kier alpha value is -1.13. The summed E-state index contributed by atoms with van der Waals surface area (Å²) >= 11 is 0. The molecule has 1 aromatic rings. The lowest BCUT2D eigenvalue weighted by Crippen LogP contribution is -2.22. The van der Waals surface area contributed by atoms with Crippen LogP contribution in [0.25, 0.3) is 0 Å². The number of hydrogen-bond donors (Lipinski definition) is 3. The molecule has 1 rings (SSSR count). The van der Waals surface area contributed by atoms with Crippen molar-refractivity contribution >= 4 is 5.69 Å². The number of rotatable bonds is 6. The van der Waals surface area contributed by atoms with Crippen LogP contribution in [0.3, 0.4) is 0 Å². The summed E-state index contributed by atoms with van der Waals surface area (Å²) in [5.74, 6) is -0.291. The third kappa shape index (κ3) is 3.79. The van der Waals surface area contributed by atoms with Crippen molar-refractivity contribution in [2.45, 2.75) is 20.0 Å². The lowest BCUT2D eigenvalue weighted by molar-refractivity contribution is 0.199. The van der Waals surface area contributed by atoms with Gasteiger partial charge in [0.2, 0.25) is 0 Å². The molecular weight excluding hydrogens is 207 g/mol. The number of anilines is 1. The van der Waals surface area contributed by atoms with Crippen LogP contribution in [0.15, 0.2) is 18.2 Å². The molecule has 0 aliphatic heterocycles. The second kappa shape index (κ2) is 6.45. The molecule has 0 saturated carbocycles. The van der Waals surface area contributed by atoms with Gasteiger partial charge in [-0.3, -0.25) is 0 Å². The van der Waals surface area contributed by atoms with Crippen LogP contribution in [0, 0.1) is 5.82 Å². The summed E-state index contributed by atoms with van der Waals surface area (Å²) in [5.41, 5.74) is 1.16. The molecule has 0 heterocycles. The molecule has 0 aliphatic carbocycles. The van der Waals surface area contributed by atoms with Crippen LogP contribution in [0.2, 0.25) is 0 Å². The fourth-order valence-corrected chi connectivity index (χ4v) is 1.40. The third-order valence-electron chi connectivity index (χ3n) is 2.34. The van der Waals surface area contributed by atoms with Gasteiger partial charge in [-0.25, -0.2) is 4.39 Å². The van der Waals surface area contributed by atoms with Gasteiger partial charge in [0, 0.05) is 13.1 Å². The quantitative estimate of drug-likeness (QED) is 0.649. The number of nitrogens with one attached hydrogen (secondary N) is 2. The Morgan fingerprint density at radius 2 is 2.12 bits per heavy atom. The van der Waals surface area contributed by atoms with Crippen molar-refractivity contribution in [2.75, 3.05) is 25.0 Å². The molecule has 0 spiro atoms.